The Morgan fingerprint density at radius 1 is 1.31 bits per heavy atom. The molecule has 2 heterocycles. The van der Waals surface area contributed by atoms with Crippen LogP contribution in [-0.2, 0) is 21.2 Å². The Balaban J connectivity index is 1.79. The number of nitrogens with zero attached hydrogens (tertiary/aromatic N) is 1. The van der Waals surface area contributed by atoms with Gasteiger partial charge in [-0.05, 0) is 55.3 Å². The molecule has 2 bridgehead atoms. The van der Waals surface area contributed by atoms with E-state index in [9.17, 15) is 22.7 Å². The molecule has 1 aliphatic carbocycles. The second-order valence-corrected chi connectivity index (χ2v) is 10.2. The van der Waals surface area contributed by atoms with Gasteiger partial charge in [-0.1, -0.05) is 30.3 Å². The number of sulfonamides is 1. The summed E-state index contributed by atoms with van der Waals surface area (Å²) >= 11 is 0. The van der Waals surface area contributed by atoms with Crippen LogP contribution in [0.1, 0.15) is 30.7 Å². The predicted molar refractivity (Wildman–Crippen MR) is 116 cm³/mol. The van der Waals surface area contributed by atoms with Gasteiger partial charge in [0.1, 0.15) is 17.7 Å². The molecule has 3 atom stereocenters. The van der Waals surface area contributed by atoms with Crippen LogP contribution in [0.3, 0.4) is 0 Å². The van der Waals surface area contributed by atoms with Gasteiger partial charge in [-0.15, -0.1) is 0 Å². The lowest BCUT2D eigenvalue weighted by atomic mass is 9.66. The number of hydrogen-bond donors (Lipinski definition) is 2. The molecule has 9 heteroatoms. The van der Waals surface area contributed by atoms with Gasteiger partial charge in [0, 0.05) is 21.8 Å². The third-order valence-electron chi connectivity index (χ3n) is 6.24. The van der Waals surface area contributed by atoms with Crippen LogP contribution in [0.2, 0.25) is 0 Å². The molecule has 172 valence electrons. The summed E-state index contributed by atoms with van der Waals surface area (Å²) in [6.07, 6.45) is -2.33. The van der Waals surface area contributed by atoms with Crippen LogP contribution in [0.5, 0.6) is 0 Å². The minimum Gasteiger partial charge on any atom is -0.384 e. The Morgan fingerprint density at radius 3 is 2.62 bits per heavy atom. The van der Waals surface area contributed by atoms with Crippen molar-refractivity contribution in [2.45, 2.75) is 50.3 Å². The third-order valence-corrected chi connectivity index (χ3v) is 6.94. The zero-order valence-electron chi connectivity index (χ0n) is 21.3. The van der Waals surface area contributed by atoms with Gasteiger partial charge < -0.3 is 10.0 Å². The van der Waals surface area contributed by atoms with Gasteiger partial charge in [0.2, 0.25) is 10.0 Å². The first kappa shape index (κ1) is 18.1. The Kier molecular flexibility index (Phi) is 4.83. The van der Waals surface area contributed by atoms with Gasteiger partial charge in [0.25, 0.3) is 5.91 Å². The molecule has 5 rings (SSSR count). The van der Waals surface area contributed by atoms with Gasteiger partial charge in [0.05, 0.1) is 13.7 Å². The summed E-state index contributed by atoms with van der Waals surface area (Å²) in [7, 11) is -3.82. The summed E-state index contributed by atoms with van der Waals surface area (Å²) in [6, 6.07) is 7.50. The maximum atomic E-state index is 15.6. The molecule has 3 fully saturated rings. The average Bonchev–Trinajstić information content (AvgIpc) is 2.74. The van der Waals surface area contributed by atoms with E-state index in [1.807, 2.05) is 0 Å². The van der Waals surface area contributed by atoms with E-state index in [4.69, 9.17) is 5.48 Å². The number of amides is 1. The Hall–Kier alpha value is -2.36. The van der Waals surface area contributed by atoms with Gasteiger partial charge in [-0.25, -0.2) is 21.9 Å². The van der Waals surface area contributed by atoms with Crippen molar-refractivity contribution < 1.29 is 32.6 Å². The van der Waals surface area contributed by atoms with Crippen molar-refractivity contribution in [2.24, 2.45) is 5.92 Å². The topological polar surface area (TPSA) is 86.7 Å². The van der Waals surface area contributed by atoms with E-state index in [0.717, 1.165) is 23.3 Å². The molecule has 2 saturated heterocycles. The summed E-state index contributed by atoms with van der Waals surface area (Å²) in [6.45, 7) is -3.39. The van der Waals surface area contributed by atoms with Crippen molar-refractivity contribution in [2.75, 3.05) is 6.26 Å². The van der Waals surface area contributed by atoms with Crippen LogP contribution in [0, 0.1) is 17.6 Å². The summed E-state index contributed by atoms with van der Waals surface area (Å²) in [5, 5.41) is 10.3. The lowest BCUT2D eigenvalue weighted by Gasteiger charge is -2.58. The van der Waals surface area contributed by atoms with Crippen molar-refractivity contribution in [3.05, 3.63) is 59.7 Å². The SMILES string of the molecule is [2H]C([2H])([2H])[C@@]([2H])(O)C(=O)N1C2CC(C2)[C@H](NS(C)(=O)=O)[C@@H]1Cc1cc(F)cc(-c2ccccc2)c1F. The normalized spacial score (nSPS) is 29.1. The predicted octanol–water partition coefficient (Wildman–Crippen LogP) is 2.46. The Bertz CT molecular complexity index is 1270. The molecule has 0 aromatic heterocycles. The molecule has 2 N–H and O–H groups in total. The maximum absolute atomic E-state index is 15.6. The van der Waals surface area contributed by atoms with E-state index in [2.05, 4.69) is 4.72 Å². The molecule has 2 aliphatic heterocycles. The molecule has 1 amide bonds. The van der Waals surface area contributed by atoms with Crippen molar-refractivity contribution in [1.82, 2.24) is 9.62 Å². The molecule has 1 saturated carbocycles. The summed E-state index contributed by atoms with van der Waals surface area (Å²) in [5.41, 5.74) is 0.223. The van der Waals surface area contributed by atoms with Crippen LogP contribution >= 0.6 is 0 Å². The van der Waals surface area contributed by atoms with E-state index in [-0.39, 0.29) is 23.5 Å². The number of benzene rings is 2. The lowest BCUT2D eigenvalue weighted by Crippen LogP contribution is -2.71. The number of fused-ring (bicyclic) bond motifs is 2. The zero-order valence-corrected chi connectivity index (χ0v) is 18.1. The fourth-order valence-corrected chi connectivity index (χ4v) is 5.69. The van der Waals surface area contributed by atoms with E-state index >= 15 is 4.39 Å². The van der Waals surface area contributed by atoms with Gasteiger partial charge in [0.15, 0.2) is 0 Å². The van der Waals surface area contributed by atoms with Crippen LogP contribution in [0.25, 0.3) is 11.1 Å². The first-order valence-electron chi connectivity index (χ1n) is 12.2. The molecule has 0 radical (unpaired) electrons. The summed E-state index contributed by atoms with van der Waals surface area (Å²) < 4.78 is 87.2. The number of carbonyl (C=O) groups is 1. The maximum Gasteiger partial charge on any atom is 0.251 e. The highest BCUT2D eigenvalue weighted by Gasteiger charge is 2.53. The molecule has 0 spiro atoms. The summed E-state index contributed by atoms with van der Waals surface area (Å²) in [4.78, 5) is 14.2. The standard InChI is InChI=1S/C23H26F2N2O4S/c1-13(28)23(29)27-18-9-16(10-18)22(26-32(2,30)31)20(27)11-15-8-17(24)12-19(21(15)25)14-6-4-3-5-7-14/h3-8,12-13,16,18,20,22,26,28H,9-11H2,1-2H3/t13-,16?,18?,20+,22+/m1/s1/i1D3,13D. The molecule has 6 nitrogen and oxygen atoms in total. The third kappa shape index (κ3) is 4.42. The quantitative estimate of drug-likeness (QED) is 0.682. The molecule has 2 aromatic carbocycles. The highest BCUT2D eigenvalue weighted by atomic mass is 32.2. The first-order valence-corrected chi connectivity index (χ1v) is 12.0. The number of piperidine rings is 2. The first-order chi connectivity index (χ1) is 16.6. The Labute approximate surface area is 191 Å². The monoisotopic (exact) mass is 468 g/mol. The van der Waals surface area contributed by atoms with E-state index < -0.39 is 58.6 Å². The number of nitrogens with one attached hydrogen (secondary N) is 1. The van der Waals surface area contributed by atoms with Crippen LogP contribution < -0.4 is 4.72 Å². The summed E-state index contributed by atoms with van der Waals surface area (Å²) in [5.74, 6) is -3.20. The van der Waals surface area contributed by atoms with Crippen molar-refractivity contribution in [3.8, 4) is 11.1 Å². The van der Waals surface area contributed by atoms with Crippen LogP contribution in [-0.4, -0.2) is 54.8 Å². The second-order valence-electron chi connectivity index (χ2n) is 8.43. The van der Waals surface area contributed by atoms with Crippen molar-refractivity contribution in [3.63, 3.8) is 0 Å². The van der Waals surface area contributed by atoms with Crippen molar-refractivity contribution >= 4 is 15.9 Å². The average molecular weight is 469 g/mol. The van der Waals surface area contributed by atoms with Gasteiger partial charge in [-0.2, -0.15) is 0 Å². The molecule has 2 aromatic rings. The smallest absolute Gasteiger partial charge is 0.251 e. The number of halogens is 2. The zero-order chi connectivity index (χ0) is 26.6. The molecule has 0 unspecified atom stereocenters. The highest BCUT2D eigenvalue weighted by Crippen LogP contribution is 2.44. The number of carbonyl (C=O) groups excluding carboxylic acids is 1. The molecule has 3 aliphatic rings. The fraction of sp³-hybridized carbons (Fsp3) is 0.435. The fourth-order valence-electron chi connectivity index (χ4n) is 4.84. The van der Waals surface area contributed by atoms with Gasteiger partial charge >= 0.3 is 0 Å². The number of aliphatic hydroxyl groups is 1. The van der Waals surface area contributed by atoms with Crippen LogP contribution in [0.4, 0.5) is 8.78 Å². The van der Waals surface area contributed by atoms with Crippen molar-refractivity contribution in [1.29, 1.82) is 0 Å². The Morgan fingerprint density at radius 2 is 2.00 bits per heavy atom. The largest absolute Gasteiger partial charge is 0.384 e. The lowest BCUT2D eigenvalue weighted by molar-refractivity contribution is -0.157. The number of hydrogen-bond acceptors (Lipinski definition) is 4. The minimum atomic E-state index is -3.82. The second kappa shape index (κ2) is 8.53. The van der Waals surface area contributed by atoms with E-state index in [1.54, 1.807) is 30.3 Å². The highest BCUT2D eigenvalue weighted by molar-refractivity contribution is 7.88. The molecular formula is C23H26F2N2O4S. The molecular weight excluding hydrogens is 438 g/mol. The number of rotatable bonds is 6. The van der Waals surface area contributed by atoms with E-state index in [1.165, 1.54) is 0 Å². The van der Waals surface area contributed by atoms with Crippen LogP contribution in [0.15, 0.2) is 42.5 Å². The van der Waals surface area contributed by atoms with Gasteiger partial charge in [-0.3, -0.25) is 4.79 Å². The minimum absolute atomic E-state index is 0.0310. The molecule has 32 heavy (non-hydrogen) atoms. The van der Waals surface area contributed by atoms with E-state index in [0.29, 0.717) is 18.4 Å².